The standard InChI is InChI=1S/C13H24N4/c1-5-7-8-17(6-2)13-12(9-14-4)10-15-11(3)16-13/h10,14H,5-9H2,1-4H3. The first-order valence-corrected chi connectivity index (χ1v) is 6.45. The Morgan fingerprint density at radius 1 is 1.35 bits per heavy atom. The maximum Gasteiger partial charge on any atom is 0.136 e. The van der Waals surface area contributed by atoms with Gasteiger partial charge >= 0.3 is 0 Å². The SMILES string of the molecule is CCCCN(CC)c1nc(C)ncc1CNC. The predicted molar refractivity (Wildman–Crippen MR) is 72.3 cm³/mol. The average molecular weight is 236 g/mol. The van der Waals surface area contributed by atoms with Gasteiger partial charge in [-0.05, 0) is 27.3 Å². The second kappa shape index (κ2) is 7.22. The third-order valence-electron chi connectivity index (χ3n) is 2.79. The first-order chi connectivity index (χ1) is 8.22. The average Bonchev–Trinajstić information content (AvgIpc) is 2.33. The Balaban J connectivity index is 2.93. The minimum atomic E-state index is 0.818. The van der Waals surface area contributed by atoms with E-state index >= 15 is 0 Å². The second-order valence-electron chi connectivity index (χ2n) is 4.23. The Morgan fingerprint density at radius 2 is 2.12 bits per heavy atom. The highest BCUT2D eigenvalue weighted by Gasteiger charge is 2.11. The monoisotopic (exact) mass is 236 g/mol. The summed E-state index contributed by atoms with van der Waals surface area (Å²) in [6.07, 6.45) is 4.35. The molecular formula is C13H24N4. The number of aromatic nitrogens is 2. The molecule has 0 aromatic carbocycles. The van der Waals surface area contributed by atoms with Gasteiger partial charge in [-0.2, -0.15) is 0 Å². The van der Waals surface area contributed by atoms with Crippen molar-refractivity contribution in [2.75, 3.05) is 25.0 Å². The summed E-state index contributed by atoms with van der Waals surface area (Å²) >= 11 is 0. The number of unbranched alkanes of at least 4 members (excludes halogenated alkanes) is 1. The van der Waals surface area contributed by atoms with E-state index in [4.69, 9.17) is 0 Å². The lowest BCUT2D eigenvalue weighted by Crippen LogP contribution is -2.27. The molecule has 0 atom stereocenters. The summed E-state index contributed by atoms with van der Waals surface area (Å²) in [7, 11) is 1.95. The summed E-state index contributed by atoms with van der Waals surface area (Å²) in [5.74, 6) is 1.93. The van der Waals surface area contributed by atoms with E-state index in [-0.39, 0.29) is 0 Å². The summed E-state index contributed by atoms with van der Waals surface area (Å²) < 4.78 is 0. The third-order valence-corrected chi connectivity index (χ3v) is 2.79. The zero-order chi connectivity index (χ0) is 12.7. The van der Waals surface area contributed by atoms with Crippen molar-refractivity contribution in [2.45, 2.75) is 40.2 Å². The van der Waals surface area contributed by atoms with Crippen LogP contribution < -0.4 is 10.2 Å². The van der Waals surface area contributed by atoms with E-state index in [1.54, 1.807) is 0 Å². The fourth-order valence-corrected chi connectivity index (χ4v) is 1.83. The molecule has 1 aromatic rings. The molecule has 0 amide bonds. The van der Waals surface area contributed by atoms with Gasteiger partial charge in [-0.25, -0.2) is 9.97 Å². The van der Waals surface area contributed by atoms with Crippen molar-refractivity contribution >= 4 is 5.82 Å². The molecule has 0 aliphatic carbocycles. The molecule has 1 rings (SSSR count). The van der Waals surface area contributed by atoms with Crippen LogP contribution in [0.5, 0.6) is 0 Å². The molecule has 0 unspecified atom stereocenters. The molecule has 0 aliphatic rings. The van der Waals surface area contributed by atoms with E-state index in [0.717, 1.165) is 31.3 Å². The fraction of sp³-hybridized carbons (Fsp3) is 0.692. The van der Waals surface area contributed by atoms with Crippen molar-refractivity contribution in [3.05, 3.63) is 17.6 Å². The number of aryl methyl sites for hydroxylation is 1. The molecule has 4 heteroatoms. The van der Waals surface area contributed by atoms with Gasteiger partial charge in [-0.3, -0.25) is 0 Å². The van der Waals surface area contributed by atoms with Gasteiger partial charge < -0.3 is 10.2 Å². The molecule has 17 heavy (non-hydrogen) atoms. The molecule has 4 nitrogen and oxygen atoms in total. The molecule has 1 aromatic heterocycles. The molecule has 1 heterocycles. The van der Waals surface area contributed by atoms with Crippen LogP contribution in [0, 0.1) is 6.92 Å². The van der Waals surface area contributed by atoms with Gasteiger partial charge in [0.25, 0.3) is 0 Å². The van der Waals surface area contributed by atoms with Crippen LogP contribution in [0.1, 0.15) is 38.1 Å². The normalized spacial score (nSPS) is 10.6. The first-order valence-electron chi connectivity index (χ1n) is 6.45. The predicted octanol–water partition coefficient (Wildman–Crippen LogP) is 2.13. The van der Waals surface area contributed by atoms with E-state index < -0.39 is 0 Å². The Labute approximate surface area is 104 Å². The maximum atomic E-state index is 4.59. The van der Waals surface area contributed by atoms with Crippen molar-refractivity contribution < 1.29 is 0 Å². The van der Waals surface area contributed by atoms with Crippen molar-refractivity contribution in [3.8, 4) is 0 Å². The number of hydrogen-bond acceptors (Lipinski definition) is 4. The van der Waals surface area contributed by atoms with E-state index in [1.165, 1.54) is 18.4 Å². The molecule has 0 aliphatic heterocycles. The van der Waals surface area contributed by atoms with E-state index in [2.05, 4.69) is 34.0 Å². The summed E-state index contributed by atoms with van der Waals surface area (Å²) in [6.45, 7) is 9.22. The Kier molecular flexibility index (Phi) is 5.91. The number of anilines is 1. The molecule has 0 radical (unpaired) electrons. The smallest absolute Gasteiger partial charge is 0.136 e. The van der Waals surface area contributed by atoms with E-state index in [0.29, 0.717) is 0 Å². The van der Waals surface area contributed by atoms with Crippen LogP contribution in [-0.2, 0) is 6.54 Å². The van der Waals surface area contributed by atoms with E-state index in [1.807, 2.05) is 20.2 Å². The van der Waals surface area contributed by atoms with Crippen molar-refractivity contribution in [1.29, 1.82) is 0 Å². The van der Waals surface area contributed by atoms with Gasteiger partial charge in [-0.15, -0.1) is 0 Å². The lowest BCUT2D eigenvalue weighted by molar-refractivity contribution is 0.707. The van der Waals surface area contributed by atoms with Crippen LogP contribution in [0.3, 0.4) is 0 Å². The van der Waals surface area contributed by atoms with Crippen LogP contribution in [0.4, 0.5) is 5.82 Å². The third kappa shape index (κ3) is 3.97. The van der Waals surface area contributed by atoms with Gasteiger partial charge in [0.05, 0.1) is 0 Å². The second-order valence-corrected chi connectivity index (χ2v) is 4.23. The topological polar surface area (TPSA) is 41.1 Å². The zero-order valence-electron chi connectivity index (χ0n) is 11.5. The van der Waals surface area contributed by atoms with Crippen LogP contribution in [-0.4, -0.2) is 30.1 Å². The summed E-state index contributed by atoms with van der Waals surface area (Å²) in [4.78, 5) is 11.2. The lowest BCUT2D eigenvalue weighted by atomic mass is 10.2. The molecular weight excluding hydrogens is 212 g/mol. The van der Waals surface area contributed by atoms with Gasteiger partial charge in [0, 0.05) is 31.4 Å². The summed E-state index contributed by atoms with van der Waals surface area (Å²) in [5.41, 5.74) is 1.18. The molecule has 0 saturated carbocycles. The quantitative estimate of drug-likeness (QED) is 0.787. The molecule has 0 bridgehead atoms. The molecule has 0 spiro atoms. The number of rotatable bonds is 7. The Hall–Kier alpha value is -1.16. The van der Waals surface area contributed by atoms with Gasteiger partial charge in [0.1, 0.15) is 11.6 Å². The van der Waals surface area contributed by atoms with Crippen molar-refractivity contribution in [2.24, 2.45) is 0 Å². The largest absolute Gasteiger partial charge is 0.357 e. The Morgan fingerprint density at radius 3 is 2.71 bits per heavy atom. The molecule has 0 saturated heterocycles. The summed E-state index contributed by atoms with van der Waals surface area (Å²) in [6, 6.07) is 0. The minimum Gasteiger partial charge on any atom is -0.357 e. The number of nitrogens with one attached hydrogen (secondary N) is 1. The van der Waals surface area contributed by atoms with Gasteiger partial charge in [0.15, 0.2) is 0 Å². The van der Waals surface area contributed by atoms with Crippen molar-refractivity contribution in [3.63, 3.8) is 0 Å². The van der Waals surface area contributed by atoms with Crippen LogP contribution in [0.15, 0.2) is 6.20 Å². The number of hydrogen-bond donors (Lipinski definition) is 1. The van der Waals surface area contributed by atoms with Crippen LogP contribution >= 0.6 is 0 Å². The van der Waals surface area contributed by atoms with Gasteiger partial charge in [-0.1, -0.05) is 13.3 Å². The molecule has 1 N–H and O–H groups in total. The summed E-state index contributed by atoms with van der Waals surface area (Å²) in [5, 5.41) is 3.17. The molecule has 96 valence electrons. The maximum absolute atomic E-state index is 4.59. The fourth-order valence-electron chi connectivity index (χ4n) is 1.83. The molecule has 0 fully saturated rings. The minimum absolute atomic E-state index is 0.818. The first kappa shape index (κ1) is 13.9. The number of nitrogens with zero attached hydrogens (tertiary/aromatic N) is 3. The zero-order valence-corrected chi connectivity index (χ0v) is 11.5. The van der Waals surface area contributed by atoms with E-state index in [9.17, 15) is 0 Å². The Bertz CT molecular complexity index is 338. The highest BCUT2D eigenvalue weighted by atomic mass is 15.2. The van der Waals surface area contributed by atoms with Gasteiger partial charge in [0.2, 0.25) is 0 Å². The lowest BCUT2D eigenvalue weighted by Gasteiger charge is -2.24. The van der Waals surface area contributed by atoms with Crippen LogP contribution in [0.25, 0.3) is 0 Å². The van der Waals surface area contributed by atoms with Crippen LogP contribution in [0.2, 0.25) is 0 Å². The van der Waals surface area contributed by atoms with Crippen molar-refractivity contribution in [1.82, 2.24) is 15.3 Å². The highest BCUT2D eigenvalue weighted by Crippen LogP contribution is 2.17. The highest BCUT2D eigenvalue weighted by molar-refractivity contribution is 5.45.